The van der Waals surface area contributed by atoms with Gasteiger partial charge >= 0.3 is 0 Å². The first-order valence-corrected chi connectivity index (χ1v) is 10.1. The number of aryl methyl sites for hydroxylation is 1. The molecule has 0 N–H and O–H groups in total. The molecule has 0 amide bonds. The third-order valence-corrected chi connectivity index (χ3v) is 7.28. The van der Waals surface area contributed by atoms with E-state index in [-0.39, 0.29) is 6.67 Å². The number of hydrogen-bond acceptors (Lipinski definition) is 2. The van der Waals surface area contributed by atoms with E-state index in [1.165, 1.54) is 65.0 Å². The van der Waals surface area contributed by atoms with Crippen molar-refractivity contribution < 1.29 is 13.4 Å². The SMILES string of the molecule is Cc1nc2ccc(CC[N+]34CC[N+](CCCF)(CC3)CC4)cc2s1. The van der Waals surface area contributed by atoms with Gasteiger partial charge in [-0.25, -0.2) is 4.98 Å². The zero-order chi connectivity index (χ0) is 16.6. The fourth-order valence-electron chi connectivity index (χ4n) is 4.62. The topological polar surface area (TPSA) is 12.9 Å². The minimum absolute atomic E-state index is 0.153. The molecule has 0 saturated carbocycles. The Hall–Kier alpha value is -1.04. The van der Waals surface area contributed by atoms with Crippen molar-refractivity contribution in [2.24, 2.45) is 0 Å². The number of hydrogen-bond donors (Lipinski definition) is 0. The largest absolute Gasteiger partial charge is 0.310 e. The van der Waals surface area contributed by atoms with Crippen molar-refractivity contribution in [2.75, 3.05) is 59.0 Å². The van der Waals surface area contributed by atoms with E-state index in [0.29, 0.717) is 0 Å². The summed E-state index contributed by atoms with van der Waals surface area (Å²) in [5.74, 6) is 0. The maximum atomic E-state index is 12.5. The fourth-order valence-corrected chi connectivity index (χ4v) is 5.51. The summed E-state index contributed by atoms with van der Waals surface area (Å²) in [5.41, 5.74) is 2.59. The van der Waals surface area contributed by atoms with E-state index in [9.17, 15) is 4.39 Å². The van der Waals surface area contributed by atoms with Crippen LogP contribution in [0.3, 0.4) is 0 Å². The third kappa shape index (κ3) is 3.09. The van der Waals surface area contributed by atoms with Gasteiger partial charge < -0.3 is 8.97 Å². The molecule has 3 fully saturated rings. The van der Waals surface area contributed by atoms with Crippen LogP contribution >= 0.6 is 11.3 Å². The molecule has 0 spiro atoms. The van der Waals surface area contributed by atoms with E-state index < -0.39 is 0 Å². The lowest BCUT2D eigenvalue weighted by atomic mass is 10.0. The average molecular weight is 350 g/mol. The van der Waals surface area contributed by atoms with E-state index in [1.807, 2.05) is 0 Å². The van der Waals surface area contributed by atoms with Crippen LogP contribution in [0.1, 0.15) is 17.0 Å². The van der Waals surface area contributed by atoms with Crippen LogP contribution in [0.15, 0.2) is 18.2 Å². The van der Waals surface area contributed by atoms with Crippen molar-refractivity contribution in [2.45, 2.75) is 19.8 Å². The van der Waals surface area contributed by atoms with Gasteiger partial charge in [-0.2, -0.15) is 0 Å². The highest BCUT2D eigenvalue weighted by Gasteiger charge is 2.48. The van der Waals surface area contributed by atoms with Gasteiger partial charge in [0.25, 0.3) is 0 Å². The van der Waals surface area contributed by atoms with Crippen molar-refractivity contribution in [1.29, 1.82) is 0 Å². The number of quaternary nitrogens is 2. The first-order valence-electron chi connectivity index (χ1n) is 9.24. The molecule has 1 aromatic heterocycles. The Morgan fingerprint density at radius 2 is 1.71 bits per heavy atom. The Labute approximate surface area is 147 Å². The molecule has 24 heavy (non-hydrogen) atoms. The Morgan fingerprint density at radius 1 is 1.04 bits per heavy atom. The monoisotopic (exact) mass is 349 g/mol. The fraction of sp³-hybridized carbons (Fsp3) is 0.632. The maximum Gasteiger partial charge on any atom is 0.129 e. The summed E-state index contributed by atoms with van der Waals surface area (Å²) < 4.78 is 16.3. The molecule has 130 valence electrons. The number of aromatic nitrogens is 1. The van der Waals surface area contributed by atoms with Crippen LogP contribution < -0.4 is 0 Å². The van der Waals surface area contributed by atoms with Gasteiger partial charge in [-0.1, -0.05) is 6.07 Å². The highest BCUT2D eigenvalue weighted by atomic mass is 32.1. The van der Waals surface area contributed by atoms with Gasteiger partial charge in [-0.05, 0) is 24.6 Å². The minimum Gasteiger partial charge on any atom is -0.310 e. The molecule has 0 atom stereocenters. The first-order chi connectivity index (χ1) is 11.6. The number of nitrogens with zero attached hydrogens (tertiary/aromatic N) is 3. The Morgan fingerprint density at radius 3 is 2.38 bits per heavy atom. The molecule has 4 heterocycles. The van der Waals surface area contributed by atoms with Gasteiger partial charge in [0.05, 0.1) is 35.0 Å². The van der Waals surface area contributed by atoms with Gasteiger partial charge in [-0.15, -0.1) is 11.3 Å². The highest BCUT2D eigenvalue weighted by Crippen LogP contribution is 2.28. The van der Waals surface area contributed by atoms with Gasteiger partial charge in [0.15, 0.2) is 0 Å². The van der Waals surface area contributed by atoms with Crippen molar-refractivity contribution >= 4 is 21.6 Å². The Kier molecular flexibility index (Phi) is 4.35. The highest BCUT2D eigenvalue weighted by molar-refractivity contribution is 7.18. The molecule has 0 radical (unpaired) electrons. The molecule has 3 aliphatic heterocycles. The van der Waals surface area contributed by atoms with E-state index in [2.05, 4.69) is 30.1 Å². The first kappa shape index (κ1) is 16.4. The second kappa shape index (κ2) is 6.36. The summed E-state index contributed by atoms with van der Waals surface area (Å²) in [6.45, 7) is 11.9. The summed E-state index contributed by atoms with van der Waals surface area (Å²) >= 11 is 1.80. The lowest BCUT2D eigenvalue weighted by molar-refractivity contribution is -1.08. The van der Waals surface area contributed by atoms with Crippen molar-refractivity contribution in [3.05, 3.63) is 28.8 Å². The number of alkyl halides is 1. The molecule has 3 saturated heterocycles. The summed E-state index contributed by atoms with van der Waals surface area (Å²) in [4.78, 5) is 4.56. The van der Waals surface area contributed by atoms with E-state index in [0.717, 1.165) is 29.9 Å². The van der Waals surface area contributed by atoms with Gasteiger partial charge in [0, 0.05) is 12.8 Å². The summed E-state index contributed by atoms with van der Waals surface area (Å²) in [7, 11) is 0. The number of thiazole rings is 1. The van der Waals surface area contributed by atoms with Crippen LogP contribution in [-0.4, -0.2) is 73.0 Å². The summed E-state index contributed by atoms with van der Waals surface area (Å²) in [6.07, 6.45) is 1.91. The average Bonchev–Trinajstić information content (AvgIpc) is 2.99. The van der Waals surface area contributed by atoms with Gasteiger partial charge in [-0.3, -0.25) is 4.39 Å². The van der Waals surface area contributed by atoms with Crippen LogP contribution in [0.5, 0.6) is 0 Å². The summed E-state index contributed by atoms with van der Waals surface area (Å²) in [5, 5.41) is 1.15. The molecular formula is C19H28FN3S+2. The number of halogens is 1. The van der Waals surface area contributed by atoms with Crippen molar-refractivity contribution in [1.82, 2.24) is 4.98 Å². The predicted molar refractivity (Wildman–Crippen MR) is 98.1 cm³/mol. The number of rotatable bonds is 6. The molecule has 2 bridgehead atoms. The molecule has 3 aliphatic rings. The zero-order valence-corrected chi connectivity index (χ0v) is 15.5. The molecule has 2 aromatic rings. The number of piperazine rings is 3. The van der Waals surface area contributed by atoms with E-state index >= 15 is 0 Å². The zero-order valence-electron chi connectivity index (χ0n) is 14.6. The van der Waals surface area contributed by atoms with Crippen molar-refractivity contribution in [3.63, 3.8) is 0 Å². The summed E-state index contributed by atoms with van der Waals surface area (Å²) in [6, 6.07) is 6.78. The van der Waals surface area contributed by atoms with E-state index in [1.54, 1.807) is 11.3 Å². The van der Waals surface area contributed by atoms with Crippen LogP contribution in [-0.2, 0) is 6.42 Å². The Bertz CT molecular complexity index is 702. The second-order valence-electron chi connectivity index (χ2n) is 7.80. The molecule has 0 aliphatic carbocycles. The Balaban J connectivity index is 1.39. The molecule has 5 heteroatoms. The molecule has 1 aromatic carbocycles. The number of fused-ring (bicyclic) bond motifs is 4. The lowest BCUT2D eigenvalue weighted by Crippen LogP contribution is -2.75. The predicted octanol–water partition coefficient (Wildman–Crippen LogP) is 3.17. The number of benzene rings is 1. The normalized spacial score (nSPS) is 29.4. The van der Waals surface area contributed by atoms with Gasteiger partial charge in [0.1, 0.15) is 39.3 Å². The van der Waals surface area contributed by atoms with Crippen LogP contribution in [0, 0.1) is 6.92 Å². The molecular weight excluding hydrogens is 321 g/mol. The van der Waals surface area contributed by atoms with Crippen LogP contribution in [0.2, 0.25) is 0 Å². The maximum absolute atomic E-state index is 12.5. The van der Waals surface area contributed by atoms with Crippen LogP contribution in [0.25, 0.3) is 10.2 Å². The molecule has 5 rings (SSSR count). The lowest BCUT2D eigenvalue weighted by Gasteiger charge is -2.55. The van der Waals surface area contributed by atoms with Crippen LogP contribution in [0.4, 0.5) is 4.39 Å². The minimum atomic E-state index is -0.153. The smallest absolute Gasteiger partial charge is 0.129 e. The van der Waals surface area contributed by atoms with E-state index in [4.69, 9.17) is 0 Å². The second-order valence-corrected chi connectivity index (χ2v) is 9.03. The third-order valence-electron chi connectivity index (χ3n) is 6.35. The quantitative estimate of drug-likeness (QED) is 0.730. The van der Waals surface area contributed by atoms with Gasteiger partial charge in [0.2, 0.25) is 0 Å². The molecule has 0 unspecified atom stereocenters. The van der Waals surface area contributed by atoms with Crippen molar-refractivity contribution in [3.8, 4) is 0 Å². The molecule has 3 nitrogen and oxygen atoms in total. The standard InChI is InChI=1S/C19H28FN3S/c1-16-21-18-4-3-17(15-19(18)24-16)5-8-23-12-9-22(10-13-23,11-14-23)7-2-6-20/h3-4,15H,2,5-14H2,1H3/q+2.